The van der Waals surface area contributed by atoms with Gasteiger partial charge in [-0.05, 0) is 44.7 Å². The lowest BCUT2D eigenvalue weighted by molar-refractivity contribution is 0.490. The number of hydrogen-bond acceptors (Lipinski definition) is 3. The molecule has 20 heavy (non-hydrogen) atoms. The molecule has 0 saturated carbocycles. The van der Waals surface area contributed by atoms with Gasteiger partial charge in [-0.3, -0.25) is 4.98 Å². The summed E-state index contributed by atoms with van der Waals surface area (Å²) in [5.74, 6) is 0.711. The fraction of sp³-hybridized carbons (Fsp3) is 0.706. The second-order valence-corrected chi connectivity index (χ2v) is 6.28. The van der Waals surface area contributed by atoms with Gasteiger partial charge in [-0.2, -0.15) is 0 Å². The Kier molecular flexibility index (Phi) is 5.41. The predicted molar refractivity (Wildman–Crippen MR) is 86.2 cm³/mol. The van der Waals surface area contributed by atoms with Crippen LogP contribution in [0.3, 0.4) is 0 Å². The maximum atomic E-state index is 4.49. The molecule has 0 radical (unpaired) electrons. The van der Waals surface area contributed by atoms with E-state index >= 15 is 0 Å². The minimum atomic E-state index is 0.682. The third-order valence-electron chi connectivity index (χ3n) is 4.22. The van der Waals surface area contributed by atoms with Crippen LogP contribution in [0.4, 0.5) is 5.69 Å². The van der Waals surface area contributed by atoms with Gasteiger partial charge in [-0.15, -0.1) is 0 Å². The summed E-state index contributed by atoms with van der Waals surface area (Å²) in [7, 11) is 0. The Hall–Kier alpha value is -1.09. The van der Waals surface area contributed by atoms with E-state index in [1.807, 2.05) is 0 Å². The van der Waals surface area contributed by atoms with Gasteiger partial charge in [0.2, 0.25) is 0 Å². The monoisotopic (exact) mass is 275 g/mol. The average molecular weight is 275 g/mol. The van der Waals surface area contributed by atoms with Crippen LogP contribution in [0, 0.1) is 12.8 Å². The molecule has 3 heteroatoms. The van der Waals surface area contributed by atoms with E-state index in [0.29, 0.717) is 12.0 Å². The summed E-state index contributed by atoms with van der Waals surface area (Å²) in [5, 5.41) is 3.51. The first-order valence-electron chi connectivity index (χ1n) is 8.06. The SMILES string of the molecule is CCCNCc1cnc(C)cc1N1CCCC1C(C)C. The van der Waals surface area contributed by atoms with Gasteiger partial charge < -0.3 is 10.2 Å². The summed E-state index contributed by atoms with van der Waals surface area (Å²) >= 11 is 0. The Labute approximate surface area is 123 Å². The molecule has 2 rings (SSSR count). The second-order valence-electron chi connectivity index (χ2n) is 6.28. The lowest BCUT2D eigenvalue weighted by Gasteiger charge is -2.31. The van der Waals surface area contributed by atoms with Crippen LogP contribution in [-0.2, 0) is 6.54 Å². The molecule has 1 fully saturated rings. The van der Waals surface area contributed by atoms with Crippen LogP contribution >= 0.6 is 0 Å². The molecule has 1 unspecified atom stereocenters. The van der Waals surface area contributed by atoms with E-state index in [-0.39, 0.29) is 0 Å². The third kappa shape index (κ3) is 3.51. The lowest BCUT2D eigenvalue weighted by Crippen LogP contribution is -2.34. The number of aryl methyl sites for hydroxylation is 1. The minimum Gasteiger partial charge on any atom is -0.368 e. The molecular formula is C17H29N3. The fourth-order valence-corrected chi connectivity index (χ4v) is 3.16. The van der Waals surface area contributed by atoms with Crippen LogP contribution in [0.2, 0.25) is 0 Å². The van der Waals surface area contributed by atoms with E-state index in [9.17, 15) is 0 Å². The van der Waals surface area contributed by atoms with Crippen molar-refractivity contribution in [3.63, 3.8) is 0 Å². The first kappa shape index (κ1) is 15.3. The highest BCUT2D eigenvalue weighted by atomic mass is 15.2. The van der Waals surface area contributed by atoms with E-state index in [1.54, 1.807) is 0 Å². The largest absolute Gasteiger partial charge is 0.368 e. The third-order valence-corrected chi connectivity index (χ3v) is 4.22. The topological polar surface area (TPSA) is 28.2 Å². The molecule has 1 aromatic rings. The van der Waals surface area contributed by atoms with E-state index < -0.39 is 0 Å². The number of nitrogens with zero attached hydrogens (tertiary/aromatic N) is 2. The van der Waals surface area contributed by atoms with Crippen LogP contribution in [0.5, 0.6) is 0 Å². The van der Waals surface area contributed by atoms with E-state index in [1.165, 1.54) is 37.1 Å². The van der Waals surface area contributed by atoms with Crippen molar-refractivity contribution in [2.45, 2.75) is 59.5 Å². The Balaban J connectivity index is 2.22. The zero-order chi connectivity index (χ0) is 14.5. The summed E-state index contributed by atoms with van der Waals surface area (Å²) in [5.41, 5.74) is 3.86. The molecule has 112 valence electrons. The Morgan fingerprint density at radius 2 is 2.25 bits per heavy atom. The molecule has 1 aliphatic rings. The van der Waals surface area contributed by atoms with Gasteiger partial charge in [-0.25, -0.2) is 0 Å². The quantitative estimate of drug-likeness (QED) is 0.805. The summed E-state index contributed by atoms with van der Waals surface area (Å²) in [6.45, 7) is 12.2. The first-order valence-corrected chi connectivity index (χ1v) is 8.06. The molecule has 0 bridgehead atoms. The number of rotatable bonds is 6. The predicted octanol–water partition coefficient (Wildman–Crippen LogP) is 3.51. The smallest absolute Gasteiger partial charge is 0.0448 e. The fourth-order valence-electron chi connectivity index (χ4n) is 3.16. The summed E-state index contributed by atoms with van der Waals surface area (Å²) in [6.07, 6.45) is 5.86. The number of anilines is 1. The number of nitrogens with one attached hydrogen (secondary N) is 1. The molecule has 0 aliphatic carbocycles. The number of hydrogen-bond donors (Lipinski definition) is 1. The van der Waals surface area contributed by atoms with Gasteiger partial charge >= 0.3 is 0 Å². The number of aromatic nitrogens is 1. The standard InChI is InChI=1S/C17H29N3/c1-5-8-18-11-15-12-19-14(4)10-17(15)20-9-6-7-16(20)13(2)3/h10,12-13,16,18H,5-9,11H2,1-4H3. The van der Waals surface area contributed by atoms with Crippen molar-refractivity contribution in [1.29, 1.82) is 0 Å². The van der Waals surface area contributed by atoms with Gasteiger partial charge in [0.15, 0.2) is 0 Å². The van der Waals surface area contributed by atoms with Crippen molar-refractivity contribution >= 4 is 5.69 Å². The van der Waals surface area contributed by atoms with Crippen molar-refractivity contribution in [2.24, 2.45) is 5.92 Å². The molecule has 2 heterocycles. The van der Waals surface area contributed by atoms with Crippen molar-refractivity contribution in [3.05, 3.63) is 23.5 Å². The highest BCUT2D eigenvalue weighted by Crippen LogP contribution is 2.32. The van der Waals surface area contributed by atoms with Crippen molar-refractivity contribution in [2.75, 3.05) is 18.0 Å². The Morgan fingerprint density at radius 1 is 1.45 bits per heavy atom. The average Bonchev–Trinajstić information content (AvgIpc) is 2.90. The summed E-state index contributed by atoms with van der Waals surface area (Å²) in [6, 6.07) is 2.95. The van der Waals surface area contributed by atoms with Crippen molar-refractivity contribution < 1.29 is 0 Å². The zero-order valence-electron chi connectivity index (χ0n) is 13.4. The van der Waals surface area contributed by atoms with E-state index in [4.69, 9.17) is 0 Å². The van der Waals surface area contributed by atoms with Gasteiger partial charge in [0.25, 0.3) is 0 Å². The maximum Gasteiger partial charge on any atom is 0.0448 e. The maximum absolute atomic E-state index is 4.49. The number of pyridine rings is 1. The van der Waals surface area contributed by atoms with Crippen LogP contribution < -0.4 is 10.2 Å². The zero-order valence-corrected chi connectivity index (χ0v) is 13.4. The van der Waals surface area contributed by atoms with Crippen LogP contribution in [0.1, 0.15) is 51.3 Å². The normalized spacial score (nSPS) is 19.1. The van der Waals surface area contributed by atoms with Crippen LogP contribution in [0.25, 0.3) is 0 Å². The second kappa shape index (κ2) is 7.07. The Morgan fingerprint density at radius 3 is 2.95 bits per heavy atom. The van der Waals surface area contributed by atoms with Crippen molar-refractivity contribution in [3.8, 4) is 0 Å². The van der Waals surface area contributed by atoms with E-state index in [2.05, 4.69) is 55.2 Å². The molecule has 1 aliphatic heterocycles. The molecule has 1 saturated heterocycles. The molecule has 1 N–H and O–H groups in total. The summed E-state index contributed by atoms with van der Waals surface area (Å²) in [4.78, 5) is 7.11. The Bertz CT molecular complexity index is 428. The van der Waals surface area contributed by atoms with Gasteiger partial charge in [0.1, 0.15) is 0 Å². The van der Waals surface area contributed by atoms with Crippen LogP contribution in [0.15, 0.2) is 12.3 Å². The molecule has 1 atom stereocenters. The summed E-state index contributed by atoms with van der Waals surface area (Å²) < 4.78 is 0. The molecule has 3 nitrogen and oxygen atoms in total. The molecule has 0 spiro atoms. The van der Waals surface area contributed by atoms with E-state index in [0.717, 1.165) is 18.8 Å². The molecular weight excluding hydrogens is 246 g/mol. The lowest BCUT2D eigenvalue weighted by atomic mass is 10.0. The molecule has 0 aromatic carbocycles. The van der Waals surface area contributed by atoms with Gasteiger partial charge in [0, 0.05) is 42.3 Å². The first-order chi connectivity index (χ1) is 9.63. The highest BCUT2D eigenvalue weighted by Gasteiger charge is 2.28. The van der Waals surface area contributed by atoms with Crippen LogP contribution in [-0.4, -0.2) is 24.1 Å². The van der Waals surface area contributed by atoms with Gasteiger partial charge in [0.05, 0.1) is 0 Å². The van der Waals surface area contributed by atoms with Crippen molar-refractivity contribution in [1.82, 2.24) is 10.3 Å². The molecule has 0 amide bonds. The van der Waals surface area contributed by atoms with Gasteiger partial charge in [-0.1, -0.05) is 20.8 Å². The minimum absolute atomic E-state index is 0.682. The molecule has 1 aromatic heterocycles. The highest BCUT2D eigenvalue weighted by molar-refractivity contribution is 5.55.